The Morgan fingerprint density at radius 1 is 1.75 bits per heavy atom. The molecule has 0 aliphatic carbocycles. The summed E-state index contributed by atoms with van der Waals surface area (Å²) in [5.41, 5.74) is 0. The average molecular weight is 190 g/mol. The molecule has 1 atom stereocenters. The number of tetrazole rings is 1. The van der Waals surface area contributed by atoms with Gasteiger partial charge in [-0.3, -0.25) is 10.1 Å². The van der Waals surface area contributed by atoms with Crippen LogP contribution < -0.4 is 5.32 Å². The van der Waals surface area contributed by atoms with Gasteiger partial charge in [0.25, 0.3) is 5.95 Å². The van der Waals surface area contributed by atoms with Crippen LogP contribution in [0.15, 0.2) is 0 Å². The van der Waals surface area contributed by atoms with E-state index in [4.69, 9.17) is 11.6 Å². The number of halogens is 1. The molecule has 1 amide bonds. The first-order valence-corrected chi connectivity index (χ1v) is 3.72. The lowest BCUT2D eigenvalue weighted by atomic mass is 10.4. The van der Waals surface area contributed by atoms with Crippen molar-refractivity contribution >= 4 is 23.5 Å². The quantitative estimate of drug-likeness (QED) is 0.653. The zero-order valence-corrected chi connectivity index (χ0v) is 7.41. The monoisotopic (exact) mass is 189 g/mol. The summed E-state index contributed by atoms with van der Waals surface area (Å²) in [5.74, 6) is -0.181. The second kappa shape index (κ2) is 3.48. The van der Waals surface area contributed by atoms with Crippen molar-refractivity contribution in [2.75, 3.05) is 5.32 Å². The SMILES string of the molecule is CC(Cl)C(=O)Nc1nnn(C)n1. The molecule has 0 saturated heterocycles. The van der Waals surface area contributed by atoms with Crippen molar-refractivity contribution in [2.24, 2.45) is 7.05 Å². The predicted octanol–water partition coefficient (Wildman–Crippen LogP) is -0.224. The van der Waals surface area contributed by atoms with Crippen molar-refractivity contribution in [3.8, 4) is 0 Å². The average Bonchev–Trinajstić information content (AvgIpc) is 2.35. The van der Waals surface area contributed by atoms with E-state index in [-0.39, 0.29) is 11.9 Å². The molecular weight excluding hydrogens is 182 g/mol. The van der Waals surface area contributed by atoms with Crippen LogP contribution in [0.1, 0.15) is 6.92 Å². The number of aryl methyl sites for hydroxylation is 1. The van der Waals surface area contributed by atoms with Gasteiger partial charge in [-0.15, -0.1) is 16.7 Å². The zero-order chi connectivity index (χ0) is 9.14. The molecule has 0 spiro atoms. The Labute approximate surface area is 73.9 Å². The van der Waals surface area contributed by atoms with Crippen LogP contribution in [0, 0.1) is 0 Å². The standard InChI is InChI=1S/C5H8ClN5O/c1-3(6)4(12)7-5-8-10-11(2)9-5/h3H,1-2H3,(H,7,9,12). The summed E-state index contributed by atoms with van der Waals surface area (Å²) >= 11 is 5.49. The van der Waals surface area contributed by atoms with Crippen LogP contribution in [-0.2, 0) is 11.8 Å². The molecule has 7 heteroatoms. The van der Waals surface area contributed by atoms with Gasteiger partial charge in [0.2, 0.25) is 5.91 Å². The molecule has 0 saturated carbocycles. The topological polar surface area (TPSA) is 72.7 Å². The third-order valence-corrected chi connectivity index (χ3v) is 1.30. The minimum atomic E-state index is -0.603. The third-order valence-electron chi connectivity index (χ3n) is 1.10. The van der Waals surface area contributed by atoms with Crippen molar-refractivity contribution in [1.82, 2.24) is 20.2 Å². The van der Waals surface area contributed by atoms with Gasteiger partial charge >= 0.3 is 0 Å². The molecule has 0 aliphatic rings. The van der Waals surface area contributed by atoms with E-state index in [0.717, 1.165) is 0 Å². The number of rotatable bonds is 2. The molecule has 66 valence electrons. The molecule has 1 unspecified atom stereocenters. The summed E-state index contributed by atoms with van der Waals surface area (Å²) in [4.78, 5) is 12.2. The lowest BCUT2D eigenvalue weighted by Gasteiger charge is -1.99. The lowest BCUT2D eigenvalue weighted by molar-refractivity contribution is -0.115. The van der Waals surface area contributed by atoms with Crippen LogP contribution in [0.25, 0.3) is 0 Å². The fraction of sp³-hybridized carbons (Fsp3) is 0.600. The Kier molecular flexibility index (Phi) is 2.59. The van der Waals surface area contributed by atoms with Crippen molar-refractivity contribution < 1.29 is 4.79 Å². The first-order valence-electron chi connectivity index (χ1n) is 3.28. The van der Waals surface area contributed by atoms with Crippen LogP contribution >= 0.6 is 11.6 Å². The smallest absolute Gasteiger partial charge is 0.270 e. The minimum Gasteiger partial charge on any atom is -0.291 e. The number of anilines is 1. The summed E-state index contributed by atoms with van der Waals surface area (Å²) < 4.78 is 0. The molecule has 1 aromatic heterocycles. The fourth-order valence-electron chi connectivity index (χ4n) is 0.544. The highest BCUT2D eigenvalue weighted by molar-refractivity contribution is 6.32. The molecule has 6 nitrogen and oxygen atoms in total. The maximum absolute atomic E-state index is 11.0. The fourth-order valence-corrected chi connectivity index (χ4v) is 0.598. The van der Waals surface area contributed by atoms with Crippen LogP contribution in [0.4, 0.5) is 5.95 Å². The van der Waals surface area contributed by atoms with Gasteiger partial charge in [-0.25, -0.2) is 0 Å². The van der Waals surface area contributed by atoms with E-state index in [9.17, 15) is 4.79 Å². The number of hydrogen-bond acceptors (Lipinski definition) is 4. The van der Waals surface area contributed by atoms with Gasteiger partial charge in [0.15, 0.2) is 0 Å². The largest absolute Gasteiger partial charge is 0.291 e. The van der Waals surface area contributed by atoms with E-state index in [1.165, 1.54) is 4.80 Å². The predicted molar refractivity (Wildman–Crippen MR) is 42.7 cm³/mol. The van der Waals surface area contributed by atoms with Gasteiger partial charge in [0, 0.05) is 0 Å². The van der Waals surface area contributed by atoms with Crippen LogP contribution in [-0.4, -0.2) is 31.5 Å². The Balaban J connectivity index is 2.58. The van der Waals surface area contributed by atoms with Crippen molar-refractivity contribution in [3.05, 3.63) is 0 Å². The Hall–Kier alpha value is -1.17. The number of nitrogens with one attached hydrogen (secondary N) is 1. The van der Waals surface area contributed by atoms with Gasteiger partial charge in [-0.2, -0.15) is 4.80 Å². The minimum absolute atomic E-state index is 0.162. The Bertz CT molecular complexity index is 283. The molecule has 0 fully saturated rings. The number of alkyl halides is 1. The number of hydrogen-bond donors (Lipinski definition) is 1. The summed E-state index contributed by atoms with van der Waals surface area (Å²) in [7, 11) is 1.60. The van der Waals surface area contributed by atoms with Gasteiger partial charge in [-0.05, 0) is 12.1 Å². The van der Waals surface area contributed by atoms with Gasteiger partial charge in [0.05, 0.1) is 7.05 Å². The van der Waals surface area contributed by atoms with Crippen LogP contribution in [0.2, 0.25) is 0 Å². The number of carbonyl (C=O) groups excluding carboxylic acids is 1. The van der Waals surface area contributed by atoms with Crippen LogP contribution in [0.5, 0.6) is 0 Å². The maximum Gasteiger partial charge on any atom is 0.270 e. The van der Waals surface area contributed by atoms with E-state index in [0.29, 0.717) is 0 Å². The van der Waals surface area contributed by atoms with E-state index < -0.39 is 5.38 Å². The highest BCUT2D eigenvalue weighted by atomic mass is 35.5. The molecule has 1 heterocycles. The van der Waals surface area contributed by atoms with Gasteiger partial charge in [-0.1, -0.05) is 5.10 Å². The molecule has 1 aromatic rings. The lowest BCUT2D eigenvalue weighted by Crippen LogP contribution is -2.21. The van der Waals surface area contributed by atoms with Gasteiger partial charge < -0.3 is 0 Å². The van der Waals surface area contributed by atoms with E-state index in [1.54, 1.807) is 14.0 Å². The van der Waals surface area contributed by atoms with E-state index in [2.05, 4.69) is 20.7 Å². The third kappa shape index (κ3) is 2.16. The number of amides is 1. The first-order chi connectivity index (χ1) is 5.59. The molecule has 1 N–H and O–H groups in total. The Morgan fingerprint density at radius 2 is 2.42 bits per heavy atom. The second-order valence-corrected chi connectivity index (χ2v) is 2.86. The molecule has 12 heavy (non-hydrogen) atoms. The number of carbonyl (C=O) groups is 1. The number of aromatic nitrogens is 4. The summed E-state index contributed by atoms with van der Waals surface area (Å²) in [5, 5.41) is 12.6. The van der Waals surface area contributed by atoms with E-state index in [1.807, 2.05) is 0 Å². The summed E-state index contributed by atoms with van der Waals surface area (Å²) in [6, 6.07) is 0. The Morgan fingerprint density at radius 3 is 2.83 bits per heavy atom. The molecular formula is C5H8ClN5O. The van der Waals surface area contributed by atoms with Gasteiger partial charge in [0.1, 0.15) is 5.38 Å². The molecule has 1 rings (SSSR count). The van der Waals surface area contributed by atoms with Crippen molar-refractivity contribution in [3.63, 3.8) is 0 Å². The van der Waals surface area contributed by atoms with Crippen LogP contribution in [0.3, 0.4) is 0 Å². The molecule has 0 bridgehead atoms. The number of nitrogens with zero attached hydrogens (tertiary/aromatic N) is 4. The summed E-state index contributed by atoms with van der Waals surface area (Å²) in [6.45, 7) is 1.56. The normalized spacial score (nSPS) is 12.6. The molecule has 0 aliphatic heterocycles. The zero-order valence-electron chi connectivity index (χ0n) is 6.65. The van der Waals surface area contributed by atoms with Crippen molar-refractivity contribution in [2.45, 2.75) is 12.3 Å². The highest BCUT2D eigenvalue weighted by Crippen LogP contribution is 1.98. The second-order valence-electron chi connectivity index (χ2n) is 2.21. The molecule has 0 aromatic carbocycles. The van der Waals surface area contributed by atoms with E-state index >= 15 is 0 Å². The highest BCUT2D eigenvalue weighted by Gasteiger charge is 2.11. The summed E-state index contributed by atoms with van der Waals surface area (Å²) in [6.07, 6.45) is 0. The molecule has 0 radical (unpaired) electrons. The maximum atomic E-state index is 11.0. The first kappa shape index (κ1) is 8.92. The van der Waals surface area contributed by atoms with Crippen molar-refractivity contribution in [1.29, 1.82) is 0 Å².